The number of hydrogen-bond donors (Lipinski definition) is 3. The van der Waals surface area contributed by atoms with E-state index in [0.29, 0.717) is 38.8 Å². The van der Waals surface area contributed by atoms with Gasteiger partial charge in [-0.2, -0.15) is 4.31 Å². The van der Waals surface area contributed by atoms with Crippen LogP contribution in [0.25, 0.3) is 10.8 Å². The largest absolute Gasteiger partial charge is 0.370 e. The standard InChI is InChI=1S/C29H36N6O4S/c30-27(36)25-13-8-17-34(25)28(37)26(19-21-9-2-1-3-10-21)35(18-7-6-16-33-29(31)32)40(38,39)24-15-14-22-11-4-5-12-23(22)20-24/h1-5,9-12,14-15,20,25-26H,6-8,13,16-19H2,(H2,30,36)(H4,31,32,33)/t25-,26+/m0/s1. The van der Waals surface area contributed by atoms with Gasteiger partial charge in [-0.1, -0.05) is 60.7 Å². The molecule has 11 heteroatoms. The zero-order valence-electron chi connectivity index (χ0n) is 22.4. The number of carbonyl (C=O) groups excluding carboxylic acids is 2. The Morgan fingerprint density at radius 1 is 0.950 bits per heavy atom. The molecule has 0 unspecified atom stereocenters. The molecular formula is C29H36N6O4S. The summed E-state index contributed by atoms with van der Waals surface area (Å²) in [6.45, 7) is 0.735. The maximum atomic E-state index is 14.3. The van der Waals surface area contributed by atoms with Gasteiger partial charge in [-0.05, 0) is 60.6 Å². The molecular weight excluding hydrogens is 528 g/mol. The molecule has 0 spiro atoms. The Morgan fingerprint density at radius 2 is 1.65 bits per heavy atom. The molecule has 3 aromatic carbocycles. The number of sulfonamides is 1. The molecule has 0 saturated carbocycles. The zero-order valence-corrected chi connectivity index (χ0v) is 23.2. The molecule has 3 aromatic rings. The fourth-order valence-electron chi connectivity index (χ4n) is 5.16. The predicted octanol–water partition coefficient (Wildman–Crippen LogP) is 1.97. The highest BCUT2D eigenvalue weighted by atomic mass is 32.2. The molecule has 0 bridgehead atoms. The third-order valence-corrected chi connectivity index (χ3v) is 9.08. The topological polar surface area (TPSA) is 165 Å². The summed E-state index contributed by atoms with van der Waals surface area (Å²) in [5.41, 5.74) is 17.3. The van der Waals surface area contributed by atoms with Crippen molar-refractivity contribution in [2.75, 3.05) is 19.6 Å². The molecule has 1 heterocycles. The van der Waals surface area contributed by atoms with Crippen LogP contribution in [0.2, 0.25) is 0 Å². The van der Waals surface area contributed by atoms with E-state index in [1.54, 1.807) is 18.2 Å². The second-order valence-corrected chi connectivity index (χ2v) is 11.8. The van der Waals surface area contributed by atoms with Gasteiger partial charge in [0.15, 0.2) is 5.96 Å². The number of likely N-dealkylation sites (tertiary alicyclic amines) is 1. The van der Waals surface area contributed by atoms with Crippen LogP contribution in [0, 0.1) is 0 Å². The Balaban J connectivity index is 1.76. The highest BCUT2D eigenvalue weighted by Crippen LogP contribution is 2.28. The van der Waals surface area contributed by atoms with Gasteiger partial charge >= 0.3 is 0 Å². The molecule has 2 atom stereocenters. The lowest BCUT2D eigenvalue weighted by atomic mass is 10.0. The second-order valence-electron chi connectivity index (χ2n) is 9.94. The van der Waals surface area contributed by atoms with Crippen molar-refractivity contribution in [2.45, 2.75) is 49.1 Å². The summed E-state index contributed by atoms with van der Waals surface area (Å²) < 4.78 is 29.9. The van der Waals surface area contributed by atoms with Crippen molar-refractivity contribution in [1.29, 1.82) is 0 Å². The molecule has 0 aromatic heterocycles. The van der Waals surface area contributed by atoms with Gasteiger partial charge in [-0.25, -0.2) is 8.42 Å². The molecule has 0 aliphatic carbocycles. The van der Waals surface area contributed by atoms with Gasteiger partial charge in [0.25, 0.3) is 0 Å². The SMILES string of the molecule is NC(=O)[C@@H]1CCCN1C(=O)[C@@H](Cc1ccccc1)N(CCCCN=C(N)N)S(=O)(=O)c1ccc2ccccc2c1. The highest BCUT2D eigenvalue weighted by molar-refractivity contribution is 7.89. The van der Waals surface area contributed by atoms with E-state index in [0.717, 1.165) is 16.3 Å². The Labute approximate surface area is 234 Å². The number of unbranched alkanes of at least 4 members (excludes halogenated alkanes) is 1. The van der Waals surface area contributed by atoms with Crippen LogP contribution in [-0.2, 0) is 26.0 Å². The molecule has 4 rings (SSSR count). The quantitative estimate of drug-likeness (QED) is 0.173. The van der Waals surface area contributed by atoms with Gasteiger partial charge in [0.1, 0.15) is 12.1 Å². The lowest BCUT2D eigenvalue weighted by molar-refractivity contribution is -0.140. The van der Waals surface area contributed by atoms with Gasteiger partial charge < -0.3 is 22.1 Å². The molecule has 6 N–H and O–H groups in total. The van der Waals surface area contributed by atoms with Crippen LogP contribution in [0.15, 0.2) is 82.7 Å². The maximum absolute atomic E-state index is 14.3. The van der Waals surface area contributed by atoms with Crippen LogP contribution < -0.4 is 17.2 Å². The third kappa shape index (κ3) is 6.78. The number of benzene rings is 3. The Bertz CT molecular complexity index is 1470. The molecule has 0 radical (unpaired) electrons. The fraction of sp³-hybridized carbons (Fsp3) is 0.345. The second kappa shape index (κ2) is 12.9. The molecule has 10 nitrogen and oxygen atoms in total. The summed E-state index contributed by atoms with van der Waals surface area (Å²) in [6, 6.07) is 19.9. The van der Waals surface area contributed by atoms with Crippen molar-refractivity contribution in [3.63, 3.8) is 0 Å². The van der Waals surface area contributed by atoms with Crippen molar-refractivity contribution >= 4 is 38.6 Å². The van der Waals surface area contributed by atoms with E-state index in [2.05, 4.69) is 4.99 Å². The van der Waals surface area contributed by atoms with E-state index in [1.807, 2.05) is 54.6 Å². The van der Waals surface area contributed by atoms with E-state index in [-0.39, 0.29) is 23.8 Å². The van der Waals surface area contributed by atoms with Crippen molar-refractivity contribution in [1.82, 2.24) is 9.21 Å². The Hall–Kier alpha value is -3.96. The zero-order chi connectivity index (χ0) is 28.7. The smallest absolute Gasteiger partial charge is 0.243 e. The lowest BCUT2D eigenvalue weighted by Gasteiger charge is -2.34. The number of amides is 2. The van der Waals surface area contributed by atoms with Crippen LogP contribution in [0.5, 0.6) is 0 Å². The summed E-state index contributed by atoms with van der Waals surface area (Å²) >= 11 is 0. The molecule has 1 saturated heterocycles. The first-order valence-electron chi connectivity index (χ1n) is 13.4. The number of nitrogens with two attached hydrogens (primary N) is 3. The summed E-state index contributed by atoms with van der Waals surface area (Å²) in [4.78, 5) is 31.8. The third-order valence-electron chi connectivity index (χ3n) is 7.18. The molecule has 2 amide bonds. The summed E-state index contributed by atoms with van der Waals surface area (Å²) in [6.07, 6.45) is 2.15. The molecule has 40 heavy (non-hydrogen) atoms. The number of carbonyl (C=O) groups is 2. The normalized spacial score (nSPS) is 16.2. The molecule has 1 aliphatic rings. The fourth-order valence-corrected chi connectivity index (χ4v) is 6.82. The predicted molar refractivity (Wildman–Crippen MR) is 156 cm³/mol. The first-order valence-corrected chi connectivity index (χ1v) is 14.8. The van der Waals surface area contributed by atoms with Crippen molar-refractivity contribution in [2.24, 2.45) is 22.2 Å². The van der Waals surface area contributed by atoms with Crippen LogP contribution >= 0.6 is 0 Å². The van der Waals surface area contributed by atoms with Gasteiger partial charge in [0, 0.05) is 19.6 Å². The number of primary amides is 1. The van der Waals surface area contributed by atoms with Crippen molar-refractivity contribution in [3.8, 4) is 0 Å². The monoisotopic (exact) mass is 564 g/mol. The van der Waals surface area contributed by atoms with E-state index >= 15 is 0 Å². The number of guanidine groups is 1. The number of hydrogen-bond acceptors (Lipinski definition) is 5. The number of aliphatic imine (C=N–C) groups is 1. The van der Waals surface area contributed by atoms with Crippen molar-refractivity contribution in [3.05, 3.63) is 78.4 Å². The van der Waals surface area contributed by atoms with E-state index in [1.165, 1.54) is 9.21 Å². The van der Waals surface area contributed by atoms with Crippen LogP contribution in [0.4, 0.5) is 0 Å². The molecule has 212 valence electrons. The number of fused-ring (bicyclic) bond motifs is 1. The maximum Gasteiger partial charge on any atom is 0.243 e. The van der Waals surface area contributed by atoms with Gasteiger partial charge in [0.05, 0.1) is 4.90 Å². The van der Waals surface area contributed by atoms with Crippen LogP contribution in [0.1, 0.15) is 31.2 Å². The molecule has 1 aliphatic heterocycles. The van der Waals surface area contributed by atoms with Crippen LogP contribution in [0.3, 0.4) is 0 Å². The summed E-state index contributed by atoms with van der Waals surface area (Å²) in [5, 5.41) is 1.68. The van der Waals surface area contributed by atoms with Gasteiger partial charge in [0.2, 0.25) is 21.8 Å². The van der Waals surface area contributed by atoms with E-state index in [4.69, 9.17) is 17.2 Å². The van der Waals surface area contributed by atoms with Gasteiger partial charge in [-0.15, -0.1) is 0 Å². The highest BCUT2D eigenvalue weighted by Gasteiger charge is 2.42. The summed E-state index contributed by atoms with van der Waals surface area (Å²) in [5.74, 6) is -1.06. The van der Waals surface area contributed by atoms with Gasteiger partial charge in [-0.3, -0.25) is 14.6 Å². The number of nitrogens with zero attached hydrogens (tertiary/aromatic N) is 3. The van der Waals surface area contributed by atoms with Crippen LogP contribution in [-0.4, -0.2) is 67.1 Å². The van der Waals surface area contributed by atoms with E-state index in [9.17, 15) is 18.0 Å². The molecule has 1 fully saturated rings. The average Bonchev–Trinajstić information content (AvgIpc) is 3.44. The van der Waals surface area contributed by atoms with E-state index < -0.39 is 33.9 Å². The average molecular weight is 565 g/mol. The first-order chi connectivity index (χ1) is 19.2. The minimum atomic E-state index is -4.14. The lowest BCUT2D eigenvalue weighted by Crippen LogP contribution is -2.55. The minimum Gasteiger partial charge on any atom is -0.370 e. The Kier molecular flexibility index (Phi) is 9.38. The minimum absolute atomic E-state index is 0.0377. The summed E-state index contributed by atoms with van der Waals surface area (Å²) in [7, 11) is -4.14. The van der Waals surface area contributed by atoms with Crippen molar-refractivity contribution < 1.29 is 18.0 Å². The number of rotatable bonds is 12. The Morgan fingerprint density at radius 3 is 2.35 bits per heavy atom. The first kappa shape index (κ1) is 29.0.